The van der Waals surface area contributed by atoms with Crippen molar-refractivity contribution in [1.29, 1.82) is 0 Å². The molecule has 106 valence electrons. The highest BCUT2D eigenvalue weighted by Crippen LogP contribution is 2.26. The third-order valence-electron chi connectivity index (χ3n) is 4.78. The van der Waals surface area contributed by atoms with E-state index in [4.69, 9.17) is 0 Å². The molecule has 0 radical (unpaired) electrons. The van der Waals surface area contributed by atoms with Crippen molar-refractivity contribution < 1.29 is 21.5 Å². The van der Waals surface area contributed by atoms with Crippen molar-refractivity contribution in [2.45, 2.75) is 26.7 Å². The number of anilines is 1. The van der Waals surface area contributed by atoms with Crippen LogP contribution in [0.15, 0.2) is 18.2 Å². The van der Waals surface area contributed by atoms with Crippen LogP contribution in [0.4, 0.5) is 5.69 Å². The molecule has 2 nitrogen and oxygen atoms in total. The Morgan fingerprint density at radius 1 is 0.842 bits per heavy atom. The maximum atomic E-state index is 2.59. The molecule has 2 aliphatic heterocycles. The highest BCUT2D eigenvalue weighted by molar-refractivity contribution is 5.51. The number of benzene rings is 1. The molecule has 2 saturated heterocycles. The third kappa shape index (κ3) is 3.14. The minimum absolute atomic E-state index is 0. The van der Waals surface area contributed by atoms with Gasteiger partial charge in [-0.05, 0) is 37.1 Å². The Kier molecular flexibility index (Phi) is 4.57. The minimum Gasteiger partial charge on any atom is -1.00 e. The van der Waals surface area contributed by atoms with Gasteiger partial charge in [-0.15, -0.1) is 0 Å². The number of halogens is 1. The van der Waals surface area contributed by atoms with Gasteiger partial charge in [0.15, 0.2) is 0 Å². The Labute approximate surface area is 127 Å². The van der Waals surface area contributed by atoms with Crippen molar-refractivity contribution in [3.8, 4) is 0 Å². The van der Waals surface area contributed by atoms with Crippen LogP contribution < -0.4 is 21.9 Å². The van der Waals surface area contributed by atoms with Crippen molar-refractivity contribution >= 4 is 5.69 Å². The van der Waals surface area contributed by atoms with Gasteiger partial charge in [0.25, 0.3) is 0 Å². The molecule has 0 amide bonds. The fourth-order valence-electron chi connectivity index (χ4n) is 3.73. The SMILES string of the molecule is Cc1cc(C)cc(N2CC[N+]3(CCCC3)CC2)c1.[Br-]. The van der Waals surface area contributed by atoms with E-state index in [-0.39, 0.29) is 17.0 Å². The van der Waals surface area contributed by atoms with E-state index in [0.29, 0.717) is 0 Å². The molecule has 0 aliphatic carbocycles. The van der Waals surface area contributed by atoms with Crippen LogP contribution in [0.1, 0.15) is 24.0 Å². The first-order chi connectivity index (χ1) is 8.67. The number of nitrogens with zero attached hydrogens (tertiary/aromatic N) is 2. The van der Waals surface area contributed by atoms with Crippen LogP contribution in [-0.4, -0.2) is 43.8 Å². The maximum absolute atomic E-state index is 2.59. The molecule has 0 bridgehead atoms. The summed E-state index contributed by atoms with van der Waals surface area (Å²) in [5.41, 5.74) is 4.21. The number of rotatable bonds is 1. The van der Waals surface area contributed by atoms with Gasteiger partial charge in [0, 0.05) is 18.5 Å². The average molecular weight is 325 g/mol. The molecule has 0 aromatic heterocycles. The molecular weight excluding hydrogens is 300 g/mol. The standard InChI is InChI=1S/C16H25N2.BrH/c1-14-11-15(2)13-16(12-14)17-5-9-18(10-6-17)7-3-4-8-18;/h11-13H,3-10H2,1-2H3;1H/q+1;/p-1. The Morgan fingerprint density at radius 2 is 1.37 bits per heavy atom. The zero-order chi connectivity index (χ0) is 12.6. The Bertz CT molecular complexity index is 408. The van der Waals surface area contributed by atoms with E-state index >= 15 is 0 Å². The summed E-state index contributed by atoms with van der Waals surface area (Å²) < 4.78 is 1.40. The molecule has 2 fully saturated rings. The highest BCUT2D eigenvalue weighted by Gasteiger charge is 2.35. The Hall–Kier alpha value is -0.540. The molecule has 3 heteroatoms. The van der Waals surface area contributed by atoms with Gasteiger partial charge in [0.1, 0.15) is 0 Å². The van der Waals surface area contributed by atoms with E-state index in [9.17, 15) is 0 Å². The monoisotopic (exact) mass is 324 g/mol. The average Bonchev–Trinajstić information content (AvgIpc) is 2.77. The molecule has 0 saturated carbocycles. The van der Waals surface area contributed by atoms with Crippen molar-refractivity contribution in [2.24, 2.45) is 0 Å². The molecular formula is C16H25BrN2. The van der Waals surface area contributed by atoms with Crippen molar-refractivity contribution in [3.05, 3.63) is 29.3 Å². The van der Waals surface area contributed by atoms with Gasteiger partial charge in [0.05, 0.1) is 39.3 Å². The summed E-state index contributed by atoms with van der Waals surface area (Å²) >= 11 is 0. The van der Waals surface area contributed by atoms with Crippen molar-refractivity contribution in [1.82, 2.24) is 0 Å². The van der Waals surface area contributed by atoms with Crippen molar-refractivity contribution in [2.75, 3.05) is 44.2 Å². The summed E-state index contributed by atoms with van der Waals surface area (Å²) in [7, 11) is 0. The van der Waals surface area contributed by atoms with Crippen LogP contribution in [0.5, 0.6) is 0 Å². The highest BCUT2D eigenvalue weighted by atomic mass is 79.9. The second kappa shape index (κ2) is 5.84. The van der Waals surface area contributed by atoms with Crippen LogP contribution in [0.3, 0.4) is 0 Å². The quantitative estimate of drug-likeness (QED) is 0.643. The third-order valence-corrected chi connectivity index (χ3v) is 4.78. The first kappa shape index (κ1) is 14.9. The molecule has 3 rings (SSSR count). The minimum atomic E-state index is 0. The fourth-order valence-corrected chi connectivity index (χ4v) is 3.73. The van der Waals surface area contributed by atoms with E-state index in [1.165, 1.54) is 73.4 Å². The largest absolute Gasteiger partial charge is 1.00 e. The Balaban J connectivity index is 0.00000133. The number of hydrogen-bond donors (Lipinski definition) is 0. The molecule has 19 heavy (non-hydrogen) atoms. The van der Waals surface area contributed by atoms with Crippen LogP contribution in [-0.2, 0) is 0 Å². The summed E-state index contributed by atoms with van der Waals surface area (Å²) in [6.07, 6.45) is 2.90. The smallest absolute Gasteiger partial charge is 0.0965 e. The zero-order valence-electron chi connectivity index (χ0n) is 12.2. The summed E-state index contributed by atoms with van der Waals surface area (Å²) in [5, 5.41) is 0. The normalized spacial score (nSPS) is 21.5. The first-order valence-electron chi connectivity index (χ1n) is 7.35. The van der Waals surface area contributed by atoms with Crippen LogP contribution >= 0.6 is 0 Å². The molecule has 1 aromatic rings. The number of aryl methyl sites for hydroxylation is 2. The summed E-state index contributed by atoms with van der Waals surface area (Å²) in [4.78, 5) is 2.59. The molecule has 1 aromatic carbocycles. The maximum Gasteiger partial charge on any atom is 0.0965 e. The zero-order valence-corrected chi connectivity index (χ0v) is 13.7. The van der Waals surface area contributed by atoms with Gasteiger partial charge < -0.3 is 26.4 Å². The lowest BCUT2D eigenvalue weighted by molar-refractivity contribution is -0.917. The Morgan fingerprint density at radius 3 is 1.89 bits per heavy atom. The number of hydrogen-bond acceptors (Lipinski definition) is 1. The van der Waals surface area contributed by atoms with E-state index in [0.717, 1.165) is 0 Å². The van der Waals surface area contributed by atoms with Gasteiger partial charge in [-0.1, -0.05) is 6.07 Å². The van der Waals surface area contributed by atoms with Crippen LogP contribution in [0.2, 0.25) is 0 Å². The fraction of sp³-hybridized carbons (Fsp3) is 0.625. The molecule has 0 N–H and O–H groups in total. The van der Waals surface area contributed by atoms with E-state index < -0.39 is 0 Å². The molecule has 2 aliphatic rings. The molecule has 0 unspecified atom stereocenters. The summed E-state index contributed by atoms with van der Waals surface area (Å²) in [5.74, 6) is 0. The summed E-state index contributed by atoms with van der Waals surface area (Å²) in [6.45, 7) is 12.5. The second-order valence-electron chi connectivity index (χ2n) is 6.28. The van der Waals surface area contributed by atoms with E-state index in [1.807, 2.05) is 0 Å². The molecule has 2 heterocycles. The first-order valence-corrected chi connectivity index (χ1v) is 7.35. The second-order valence-corrected chi connectivity index (χ2v) is 6.28. The lowest BCUT2D eigenvalue weighted by atomic mass is 10.1. The molecule has 1 spiro atoms. The number of quaternary nitrogens is 1. The topological polar surface area (TPSA) is 3.24 Å². The van der Waals surface area contributed by atoms with Gasteiger partial charge in [-0.3, -0.25) is 0 Å². The predicted octanol–water partition coefficient (Wildman–Crippen LogP) is -0.262. The number of piperazine rings is 1. The van der Waals surface area contributed by atoms with E-state index in [2.05, 4.69) is 36.9 Å². The summed E-state index contributed by atoms with van der Waals surface area (Å²) in [6, 6.07) is 6.95. The van der Waals surface area contributed by atoms with E-state index in [1.54, 1.807) is 0 Å². The lowest BCUT2D eigenvalue weighted by Crippen LogP contribution is -3.00. The van der Waals surface area contributed by atoms with Gasteiger partial charge in [0.2, 0.25) is 0 Å². The van der Waals surface area contributed by atoms with Gasteiger partial charge in [-0.2, -0.15) is 0 Å². The van der Waals surface area contributed by atoms with Crippen molar-refractivity contribution in [3.63, 3.8) is 0 Å². The van der Waals surface area contributed by atoms with Gasteiger partial charge in [-0.25, -0.2) is 0 Å². The van der Waals surface area contributed by atoms with Crippen LogP contribution in [0, 0.1) is 13.8 Å². The van der Waals surface area contributed by atoms with Crippen LogP contribution in [0.25, 0.3) is 0 Å². The predicted molar refractivity (Wildman–Crippen MR) is 77.1 cm³/mol. The van der Waals surface area contributed by atoms with Gasteiger partial charge >= 0.3 is 0 Å². The molecule has 0 atom stereocenters. The lowest BCUT2D eigenvalue weighted by Gasteiger charge is -2.43.